The van der Waals surface area contributed by atoms with E-state index in [1.54, 1.807) is 0 Å². The number of unbranched alkanes of at least 4 members (excludes halogenated alkanes) is 3. The van der Waals surface area contributed by atoms with Crippen LogP contribution in [0.25, 0.3) is 0 Å². The number of alkyl halides is 1. The lowest BCUT2D eigenvalue weighted by Gasteiger charge is -2.08. The lowest BCUT2D eigenvalue weighted by atomic mass is 10.2. The van der Waals surface area contributed by atoms with Crippen molar-refractivity contribution >= 4 is 11.6 Å². The highest BCUT2D eigenvalue weighted by atomic mass is 35.5. The summed E-state index contributed by atoms with van der Waals surface area (Å²) < 4.78 is 37.6. The smallest absolute Gasteiger partial charge is 0.107 e. The molecule has 29 heavy (non-hydrogen) atoms. The van der Waals surface area contributed by atoms with Gasteiger partial charge >= 0.3 is 0 Å². The van der Waals surface area contributed by atoms with Crippen LogP contribution in [0.5, 0.6) is 0 Å². The van der Waals surface area contributed by atoms with Crippen LogP contribution in [0.1, 0.15) is 25.7 Å². The Morgan fingerprint density at radius 2 is 0.793 bits per heavy atom. The van der Waals surface area contributed by atoms with E-state index < -0.39 is 0 Å². The first-order chi connectivity index (χ1) is 14.4. The van der Waals surface area contributed by atoms with E-state index in [-0.39, 0.29) is 0 Å². The van der Waals surface area contributed by atoms with Gasteiger partial charge < -0.3 is 33.2 Å². The van der Waals surface area contributed by atoms with Crippen molar-refractivity contribution in [2.45, 2.75) is 25.7 Å². The van der Waals surface area contributed by atoms with Gasteiger partial charge in [0.15, 0.2) is 0 Å². The first-order valence-electron chi connectivity index (χ1n) is 10.5. The Kier molecular flexibility index (Phi) is 27.2. The summed E-state index contributed by atoms with van der Waals surface area (Å²) >= 11 is 5.63. The van der Waals surface area contributed by atoms with Crippen LogP contribution in [0.2, 0.25) is 0 Å². The first kappa shape index (κ1) is 28.6. The Morgan fingerprint density at radius 1 is 0.448 bits per heavy atom. The highest BCUT2D eigenvalue weighted by Gasteiger charge is 1.95. The standard InChI is InChI=1S/C21H39ClO7/c1-2-8-23-10-12-25-14-16-27-18-20-29-21-19-28-17-15-26-13-11-24-9-6-4-3-5-7-22/h1H,3-21H2. The summed E-state index contributed by atoms with van der Waals surface area (Å²) in [6, 6.07) is 0. The Bertz CT molecular complexity index is 339. The molecular weight excluding hydrogens is 400 g/mol. The first-order valence-corrected chi connectivity index (χ1v) is 11.0. The van der Waals surface area contributed by atoms with Crippen molar-refractivity contribution in [2.75, 3.05) is 98.4 Å². The van der Waals surface area contributed by atoms with Gasteiger partial charge in [-0.2, -0.15) is 0 Å². The lowest BCUT2D eigenvalue weighted by Crippen LogP contribution is -2.14. The molecule has 0 aromatic carbocycles. The molecule has 0 radical (unpaired) electrons. The maximum absolute atomic E-state index is 5.63. The summed E-state index contributed by atoms with van der Waals surface area (Å²) in [7, 11) is 0. The number of halogens is 1. The monoisotopic (exact) mass is 438 g/mol. The summed E-state index contributed by atoms with van der Waals surface area (Å²) in [6.45, 7) is 7.69. The Hall–Kier alpha value is -0.430. The Morgan fingerprint density at radius 3 is 1.17 bits per heavy atom. The van der Waals surface area contributed by atoms with Crippen LogP contribution in [0.4, 0.5) is 0 Å². The maximum Gasteiger partial charge on any atom is 0.107 e. The second kappa shape index (κ2) is 27.6. The second-order valence-electron chi connectivity index (χ2n) is 6.03. The highest BCUT2D eigenvalue weighted by Crippen LogP contribution is 2.01. The van der Waals surface area contributed by atoms with E-state index in [0.717, 1.165) is 25.3 Å². The van der Waals surface area contributed by atoms with Crippen molar-refractivity contribution in [3.63, 3.8) is 0 Å². The third-order valence-electron chi connectivity index (χ3n) is 3.59. The number of hydrogen-bond donors (Lipinski definition) is 0. The fraction of sp³-hybridized carbons (Fsp3) is 0.905. The zero-order chi connectivity index (χ0) is 21.1. The lowest BCUT2D eigenvalue weighted by molar-refractivity contribution is -0.0197. The number of ether oxygens (including phenoxy) is 7. The van der Waals surface area contributed by atoms with E-state index >= 15 is 0 Å². The molecule has 172 valence electrons. The minimum Gasteiger partial charge on any atom is -0.379 e. The third kappa shape index (κ3) is 27.6. The van der Waals surface area contributed by atoms with Gasteiger partial charge in [-0.1, -0.05) is 18.8 Å². The van der Waals surface area contributed by atoms with Crippen LogP contribution in [-0.2, 0) is 33.2 Å². The number of hydrogen-bond acceptors (Lipinski definition) is 7. The molecule has 0 amide bonds. The maximum atomic E-state index is 5.63. The van der Waals surface area contributed by atoms with Crippen molar-refractivity contribution < 1.29 is 33.2 Å². The van der Waals surface area contributed by atoms with Crippen LogP contribution in [-0.4, -0.2) is 98.4 Å². The normalized spacial score (nSPS) is 11.0. The molecule has 0 heterocycles. The average molecular weight is 439 g/mol. The Balaban J connectivity index is 2.98. The topological polar surface area (TPSA) is 64.6 Å². The fourth-order valence-corrected chi connectivity index (χ4v) is 2.29. The summed E-state index contributed by atoms with van der Waals surface area (Å²) in [6.07, 6.45) is 9.58. The van der Waals surface area contributed by atoms with Gasteiger partial charge in [0.05, 0.1) is 79.3 Å². The van der Waals surface area contributed by atoms with Crippen LogP contribution < -0.4 is 0 Å². The van der Waals surface area contributed by atoms with Gasteiger partial charge in [-0.15, -0.1) is 18.0 Å². The summed E-state index contributed by atoms with van der Waals surface area (Å²) in [5, 5.41) is 0. The molecule has 7 nitrogen and oxygen atoms in total. The van der Waals surface area contributed by atoms with Crippen LogP contribution in [0, 0.1) is 12.3 Å². The molecule has 0 rings (SSSR count). The molecule has 0 N–H and O–H groups in total. The van der Waals surface area contributed by atoms with Crippen molar-refractivity contribution in [1.82, 2.24) is 0 Å². The van der Waals surface area contributed by atoms with E-state index in [0.29, 0.717) is 85.9 Å². The van der Waals surface area contributed by atoms with Gasteiger partial charge in [-0.3, -0.25) is 0 Å². The molecule has 0 saturated heterocycles. The van der Waals surface area contributed by atoms with Gasteiger partial charge in [0.25, 0.3) is 0 Å². The van der Waals surface area contributed by atoms with Gasteiger partial charge in [-0.05, 0) is 12.8 Å². The molecule has 0 bridgehead atoms. The van der Waals surface area contributed by atoms with E-state index in [9.17, 15) is 0 Å². The zero-order valence-electron chi connectivity index (χ0n) is 17.7. The SMILES string of the molecule is C#CCOCCOCCOCCOCCOCCOCCOCCCCCCCl. The number of terminal acetylenes is 1. The molecule has 0 aliphatic heterocycles. The largest absolute Gasteiger partial charge is 0.379 e. The van der Waals surface area contributed by atoms with Gasteiger partial charge in [0, 0.05) is 12.5 Å². The minimum atomic E-state index is 0.319. The zero-order valence-corrected chi connectivity index (χ0v) is 18.5. The molecule has 0 aliphatic rings. The molecule has 0 atom stereocenters. The average Bonchev–Trinajstić information content (AvgIpc) is 2.74. The third-order valence-corrected chi connectivity index (χ3v) is 3.86. The fourth-order valence-electron chi connectivity index (χ4n) is 2.10. The quantitative estimate of drug-likeness (QED) is 0.123. The molecule has 0 aromatic heterocycles. The molecule has 0 fully saturated rings. The van der Waals surface area contributed by atoms with Gasteiger partial charge in [0.2, 0.25) is 0 Å². The molecule has 0 aromatic rings. The Labute approximate surface area is 181 Å². The van der Waals surface area contributed by atoms with Crippen molar-refractivity contribution in [2.24, 2.45) is 0 Å². The van der Waals surface area contributed by atoms with Crippen molar-refractivity contribution in [3.8, 4) is 12.3 Å². The summed E-state index contributed by atoms with van der Waals surface area (Å²) in [5.74, 6) is 3.14. The molecule has 0 spiro atoms. The summed E-state index contributed by atoms with van der Waals surface area (Å²) in [4.78, 5) is 0. The van der Waals surface area contributed by atoms with E-state index in [1.807, 2.05) is 0 Å². The minimum absolute atomic E-state index is 0.319. The second-order valence-corrected chi connectivity index (χ2v) is 6.41. The highest BCUT2D eigenvalue weighted by molar-refractivity contribution is 6.17. The predicted molar refractivity (Wildman–Crippen MR) is 114 cm³/mol. The molecule has 0 unspecified atom stereocenters. The summed E-state index contributed by atoms with van der Waals surface area (Å²) in [5.41, 5.74) is 0. The molecule has 8 heteroatoms. The van der Waals surface area contributed by atoms with E-state index in [4.69, 9.17) is 51.2 Å². The molecule has 0 saturated carbocycles. The molecule has 0 aliphatic carbocycles. The van der Waals surface area contributed by atoms with Crippen LogP contribution >= 0.6 is 11.6 Å². The van der Waals surface area contributed by atoms with E-state index in [2.05, 4.69) is 5.92 Å². The van der Waals surface area contributed by atoms with Crippen LogP contribution in [0.15, 0.2) is 0 Å². The van der Waals surface area contributed by atoms with Gasteiger partial charge in [-0.25, -0.2) is 0 Å². The van der Waals surface area contributed by atoms with Crippen molar-refractivity contribution in [3.05, 3.63) is 0 Å². The van der Waals surface area contributed by atoms with Gasteiger partial charge in [0.1, 0.15) is 6.61 Å². The van der Waals surface area contributed by atoms with Crippen LogP contribution in [0.3, 0.4) is 0 Å². The van der Waals surface area contributed by atoms with E-state index in [1.165, 1.54) is 12.8 Å². The number of rotatable bonds is 25. The van der Waals surface area contributed by atoms with Crippen molar-refractivity contribution in [1.29, 1.82) is 0 Å². The predicted octanol–water partition coefficient (Wildman–Crippen LogP) is 2.54. The molecular formula is C21H39ClO7.